The molecule has 0 bridgehead atoms. The fourth-order valence-corrected chi connectivity index (χ4v) is 0.703. The number of nitrogens with two attached hydrogens (primary N) is 1. The van der Waals surface area contributed by atoms with Crippen LogP contribution in [0.4, 0.5) is 0 Å². The maximum absolute atomic E-state index is 11.1. The van der Waals surface area contributed by atoms with E-state index in [1.807, 2.05) is 0 Å². The van der Waals surface area contributed by atoms with Gasteiger partial charge in [-0.15, -0.1) is 0 Å². The summed E-state index contributed by atoms with van der Waals surface area (Å²) >= 11 is 0. The van der Waals surface area contributed by atoms with Crippen LogP contribution in [0.3, 0.4) is 0 Å². The second-order valence-electron chi connectivity index (χ2n) is 3.56. The van der Waals surface area contributed by atoms with Crippen molar-refractivity contribution < 1.29 is 9.53 Å². The number of hydrogen-bond acceptors (Lipinski definition) is 3. The number of ether oxygens (including phenoxy) is 1. The number of carbonyl (C=O) groups is 1. The van der Waals surface area contributed by atoms with Crippen LogP contribution in [0, 0.1) is 0 Å². The quantitative estimate of drug-likeness (QED) is 0.506. The zero-order chi connectivity index (χ0) is 9.61. The molecule has 0 aliphatic heterocycles. The van der Waals surface area contributed by atoms with Crippen molar-refractivity contribution in [2.75, 3.05) is 6.61 Å². The van der Waals surface area contributed by atoms with Gasteiger partial charge in [0, 0.05) is 0 Å². The van der Waals surface area contributed by atoms with Gasteiger partial charge in [0.1, 0.15) is 5.54 Å². The number of hydrogen-bond donors (Lipinski definition) is 1. The lowest BCUT2D eigenvalue weighted by molar-refractivity contribution is -0.148. The van der Waals surface area contributed by atoms with Crippen molar-refractivity contribution in [1.29, 1.82) is 0 Å². The highest BCUT2D eigenvalue weighted by Crippen LogP contribution is 2.01. The molecular weight excluding hydrogens is 154 g/mol. The lowest BCUT2D eigenvalue weighted by atomic mass is 10.1. The lowest BCUT2D eigenvalue weighted by Crippen LogP contribution is -2.42. The van der Waals surface area contributed by atoms with Gasteiger partial charge >= 0.3 is 5.97 Å². The minimum atomic E-state index is -0.855. The molecule has 0 aliphatic rings. The largest absolute Gasteiger partial charge is 0.464 e. The minimum Gasteiger partial charge on any atom is -0.464 e. The normalized spacial score (nSPS) is 11.3. The van der Waals surface area contributed by atoms with E-state index in [1.54, 1.807) is 13.8 Å². The molecule has 3 heteroatoms. The standard InChI is InChI=1S/C9H19NO2/c1-4-5-6-7-12-8(11)9(2,3)10/h4-7,10H2,1-3H3. The topological polar surface area (TPSA) is 52.3 Å². The smallest absolute Gasteiger partial charge is 0.325 e. The highest BCUT2D eigenvalue weighted by Gasteiger charge is 2.23. The Kier molecular flexibility index (Phi) is 4.90. The van der Waals surface area contributed by atoms with Crippen LogP contribution in [0.1, 0.15) is 40.0 Å². The second-order valence-corrected chi connectivity index (χ2v) is 3.56. The summed E-state index contributed by atoms with van der Waals surface area (Å²) in [7, 11) is 0. The Hall–Kier alpha value is -0.570. The van der Waals surface area contributed by atoms with E-state index in [9.17, 15) is 4.79 Å². The van der Waals surface area contributed by atoms with Gasteiger partial charge in [0.25, 0.3) is 0 Å². The zero-order valence-electron chi connectivity index (χ0n) is 8.22. The Morgan fingerprint density at radius 1 is 1.42 bits per heavy atom. The molecule has 0 saturated heterocycles. The third kappa shape index (κ3) is 5.13. The summed E-state index contributed by atoms with van der Waals surface area (Å²) in [6, 6.07) is 0. The molecule has 0 unspecified atom stereocenters. The van der Waals surface area contributed by atoms with E-state index in [1.165, 1.54) is 0 Å². The number of carbonyl (C=O) groups excluding carboxylic acids is 1. The van der Waals surface area contributed by atoms with Crippen LogP contribution in [-0.4, -0.2) is 18.1 Å². The monoisotopic (exact) mass is 173 g/mol. The van der Waals surface area contributed by atoms with E-state index in [0.717, 1.165) is 19.3 Å². The van der Waals surface area contributed by atoms with Gasteiger partial charge in [-0.05, 0) is 20.3 Å². The maximum Gasteiger partial charge on any atom is 0.325 e. The molecule has 0 rings (SSSR count). The Morgan fingerprint density at radius 2 is 2.00 bits per heavy atom. The number of esters is 1. The summed E-state index contributed by atoms with van der Waals surface area (Å²) in [4.78, 5) is 11.1. The molecule has 0 spiro atoms. The molecule has 0 saturated carbocycles. The molecule has 0 fully saturated rings. The van der Waals surface area contributed by atoms with Crippen molar-refractivity contribution in [2.24, 2.45) is 5.73 Å². The zero-order valence-corrected chi connectivity index (χ0v) is 8.22. The first-order valence-electron chi connectivity index (χ1n) is 4.44. The minimum absolute atomic E-state index is 0.321. The summed E-state index contributed by atoms with van der Waals surface area (Å²) in [5.41, 5.74) is 4.66. The summed E-state index contributed by atoms with van der Waals surface area (Å²) in [5, 5.41) is 0. The van der Waals surface area contributed by atoms with Crippen molar-refractivity contribution in [2.45, 2.75) is 45.6 Å². The van der Waals surface area contributed by atoms with Crippen LogP contribution >= 0.6 is 0 Å². The van der Waals surface area contributed by atoms with Crippen molar-refractivity contribution in [1.82, 2.24) is 0 Å². The Balaban J connectivity index is 3.45. The molecule has 0 radical (unpaired) electrons. The first kappa shape index (κ1) is 11.4. The SMILES string of the molecule is CCCCCOC(=O)C(C)(C)N. The Morgan fingerprint density at radius 3 is 2.42 bits per heavy atom. The van der Waals surface area contributed by atoms with E-state index < -0.39 is 5.54 Å². The van der Waals surface area contributed by atoms with Gasteiger partial charge in [-0.25, -0.2) is 0 Å². The highest BCUT2D eigenvalue weighted by atomic mass is 16.5. The number of unbranched alkanes of at least 4 members (excludes halogenated alkanes) is 2. The summed E-state index contributed by atoms with van der Waals surface area (Å²) in [6.45, 7) is 5.90. The van der Waals surface area contributed by atoms with Crippen LogP contribution < -0.4 is 5.73 Å². The predicted molar refractivity (Wildman–Crippen MR) is 48.8 cm³/mol. The molecule has 0 atom stereocenters. The van der Waals surface area contributed by atoms with E-state index in [4.69, 9.17) is 10.5 Å². The van der Waals surface area contributed by atoms with Gasteiger partial charge in [-0.3, -0.25) is 4.79 Å². The van der Waals surface area contributed by atoms with Gasteiger partial charge in [-0.1, -0.05) is 19.8 Å². The van der Waals surface area contributed by atoms with E-state index in [0.29, 0.717) is 6.61 Å². The summed E-state index contributed by atoms with van der Waals surface area (Å²) in [6.07, 6.45) is 3.15. The van der Waals surface area contributed by atoms with Crippen molar-refractivity contribution in [3.8, 4) is 0 Å². The van der Waals surface area contributed by atoms with Crippen LogP contribution in [0.15, 0.2) is 0 Å². The summed E-state index contributed by atoms with van der Waals surface area (Å²) < 4.78 is 4.94. The molecule has 12 heavy (non-hydrogen) atoms. The van der Waals surface area contributed by atoms with Crippen LogP contribution in [0.25, 0.3) is 0 Å². The van der Waals surface area contributed by atoms with Gasteiger partial charge < -0.3 is 10.5 Å². The molecular formula is C9H19NO2. The van der Waals surface area contributed by atoms with E-state index in [2.05, 4.69) is 6.92 Å². The predicted octanol–water partition coefficient (Wildman–Crippen LogP) is 1.46. The van der Waals surface area contributed by atoms with Crippen LogP contribution in [0.2, 0.25) is 0 Å². The average Bonchev–Trinajstić information content (AvgIpc) is 1.96. The maximum atomic E-state index is 11.1. The van der Waals surface area contributed by atoms with E-state index >= 15 is 0 Å². The van der Waals surface area contributed by atoms with Crippen LogP contribution in [-0.2, 0) is 9.53 Å². The fourth-order valence-electron chi connectivity index (χ4n) is 0.703. The number of rotatable bonds is 5. The molecule has 0 aromatic rings. The van der Waals surface area contributed by atoms with Gasteiger partial charge in [0.05, 0.1) is 6.61 Å². The van der Waals surface area contributed by atoms with Gasteiger partial charge in [-0.2, -0.15) is 0 Å². The van der Waals surface area contributed by atoms with Crippen LogP contribution in [0.5, 0.6) is 0 Å². The first-order valence-corrected chi connectivity index (χ1v) is 4.44. The summed E-state index contributed by atoms with van der Waals surface area (Å²) in [5.74, 6) is -0.321. The second kappa shape index (κ2) is 5.14. The third-order valence-corrected chi connectivity index (χ3v) is 1.51. The van der Waals surface area contributed by atoms with Gasteiger partial charge in [0.2, 0.25) is 0 Å². The molecule has 0 aromatic heterocycles. The molecule has 0 heterocycles. The first-order chi connectivity index (χ1) is 5.48. The molecule has 0 aromatic carbocycles. The molecule has 0 amide bonds. The van der Waals surface area contributed by atoms with Gasteiger partial charge in [0.15, 0.2) is 0 Å². The molecule has 0 aliphatic carbocycles. The average molecular weight is 173 g/mol. The molecule has 72 valence electrons. The van der Waals surface area contributed by atoms with Crippen molar-refractivity contribution in [3.63, 3.8) is 0 Å². The lowest BCUT2D eigenvalue weighted by Gasteiger charge is -2.16. The highest BCUT2D eigenvalue weighted by molar-refractivity contribution is 5.79. The molecule has 3 nitrogen and oxygen atoms in total. The Labute approximate surface area is 74.3 Å². The fraction of sp³-hybridized carbons (Fsp3) is 0.889. The molecule has 2 N–H and O–H groups in total. The third-order valence-electron chi connectivity index (χ3n) is 1.51. The van der Waals surface area contributed by atoms with Crippen molar-refractivity contribution in [3.05, 3.63) is 0 Å². The van der Waals surface area contributed by atoms with Crippen molar-refractivity contribution >= 4 is 5.97 Å². The Bertz CT molecular complexity index is 138. The van der Waals surface area contributed by atoms with E-state index in [-0.39, 0.29) is 5.97 Å².